The lowest BCUT2D eigenvalue weighted by Crippen LogP contribution is -2.50. The van der Waals surface area contributed by atoms with Crippen molar-refractivity contribution in [2.45, 2.75) is 38.5 Å². The Bertz CT molecular complexity index is 619. The van der Waals surface area contributed by atoms with E-state index in [-0.39, 0.29) is 6.61 Å². The number of ether oxygens (including phenoxy) is 1. The van der Waals surface area contributed by atoms with Crippen LogP contribution in [0.2, 0.25) is 0 Å². The monoisotopic (exact) mass is 376 g/mol. The molecule has 6 nitrogen and oxygen atoms in total. The van der Waals surface area contributed by atoms with Crippen LogP contribution in [0.3, 0.4) is 0 Å². The van der Waals surface area contributed by atoms with Crippen molar-refractivity contribution < 1.29 is 32.6 Å². The first-order chi connectivity index (χ1) is 12.1. The quantitative estimate of drug-likeness (QED) is 0.567. The molecule has 1 atom stereocenters. The molecular weight excluding hydrogens is 353 g/mol. The number of anilines is 1. The average Bonchev–Trinajstić information content (AvgIpc) is 2.59. The van der Waals surface area contributed by atoms with Crippen LogP contribution in [0.25, 0.3) is 0 Å². The molecule has 0 aromatic heterocycles. The summed E-state index contributed by atoms with van der Waals surface area (Å²) in [5.41, 5.74) is -4.16. The third-order valence-electron chi connectivity index (χ3n) is 3.76. The standard InChI is InChI=1S/C17H23F3N2O4/c1-4-6-11-21-15(24)22(3)13-9-7-12(8-10-13)16(25,17(18,19)20)14(23)26-5-2/h7-10,25H,4-6,11H2,1-3H3,(H,21,24)/t16-/m0/s1. The zero-order chi connectivity index (χ0) is 20.0. The minimum Gasteiger partial charge on any atom is -0.463 e. The Morgan fingerprint density at radius 2 is 1.77 bits per heavy atom. The molecule has 146 valence electrons. The van der Waals surface area contributed by atoms with Gasteiger partial charge in [-0.25, -0.2) is 9.59 Å². The van der Waals surface area contributed by atoms with Gasteiger partial charge in [0.1, 0.15) is 0 Å². The van der Waals surface area contributed by atoms with E-state index in [0.717, 1.165) is 25.0 Å². The van der Waals surface area contributed by atoms with Crippen LogP contribution < -0.4 is 10.2 Å². The summed E-state index contributed by atoms with van der Waals surface area (Å²) >= 11 is 0. The van der Waals surface area contributed by atoms with Gasteiger partial charge in [0.05, 0.1) is 6.61 Å². The van der Waals surface area contributed by atoms with E-state index in [9.17, 15) is 27.9 Å². The fourth-order valence-corrected chi connectivity index (χ4v) is 2.17. The van der Waals surface area contributed by atoms with Gasteiger partial charge >= 0.3 is 18.2 Å². The zero-order valence-corrected chi connectivity index (χ0v) is 14.9. The highest BCUT2D eigenvalue weighted by Crippen LogP contribution is 2.40. The number of aliphatic hydroxyl groups is 1. The second-order valence-electron chi connectivity index (χ2n) is 5.62. The number of hydrogen-bond donors (Lipinski definition) is 2. The van der Waals surface area contributed by atoms with Gasteiger partial charge in [0.2, 0.25) is 0 Å². The van der Waals surface area contributed by atoms with Gasteiger partial charge in [-0.05, 0) is 25.5 Å². The first kappa shape index (κ1) is 21.8. The van der Waals surface area contributed by atoms with Crippen LogP contribution in [0.5, 0.6) is 0 Å². The summed E-state index contributed by atoms with van der Waals surface area (Å²) < 4.78 is 44.3. The molecule has 0 saturated carbocycles. The largest absolute Gasteiger partial charge is 0.463 e. The number of benzene rings is 1. The van der Waals surface area contributed by atoms with Crippen LogP contribution in [0, 0.1) is 0 Å². The Morgan fingerprint density at radius 3 is 2.23 bits per heavy atom. The number of carbonyl (C=O) groups excluding carboxylic acids is 2. The molecule has 0 saturated heterocycles. The number of hydrogen-bond acceptors (Lipinski definition) is 4. The molecule has 2 amide bonds. The fraction of sp³-hybridized carbons (Fsp3) is 0.529. The maximum absolute atomic E-state index is 13.3. The van der Waals surface area contributed by atoms with Gasteiger partial charge in [0, 0.05) is 24.8 Å². The van der Waals surface area contributed by atoms with Gasteiger partial charge in [-0.15, -0.1) is 0 Å². The van der Waals surface area contributed by atoms with Crippen molar-refractivity contribution in [1.29, 1.82) is 0 Å². The third kappa shape index (κ3) is 4.66. The average molecular weight is 376 g/mol. The maximum atomic E-state index is 13.3. The molecule has 0 fully saturated rings. The highest BCUT2D eigenvalue weighted by atomic mass is 19.4. The first-order valence-corrected chi connectivity index (χ1v) is 8.18. The SMILES string of the molecule is CCCCNC(=O)N(C)c1ccc([C@](O)(C(=O)OCC)C(F)(F)F)cc1. The molecular formula is C17H23F3N2O4. The summed E-state index contributed by atoms with van der Waals surface area (Å²) in [6.45, 7) is 3.48. The Balaban J connectivity index is 3.06. The summed E-state index contributed by atoms with van der Waals surface area (Å²) in [5, 5.41) is 12.7. The molecule has 0 aliphatic heterocycles. The number of carbonyl (C=O) groups is 2. The fourth-order valence-electron chi connectivity index (χ4n) is 2.17. The summed E-state index contributed by atoms with van der Waals surface area (Å²) in [5.74, 6) is -1.80. The number of nitrogens with one attached hydrogen (secondary N) is 1. The number of unbranched alkanes of at least 4 members (excludes halogenated alkanes) is 1. The lowest BCUT2D eigenvalue weighted by Gasteiger charge is -2.29. The van der Waals surface area contributed by atoms with E-state index < -0.39 is 29.3 Å². The van der Waals surface area contributed by atoms with E-state index >= 15 is 0 Å². The Kier molecular flexibility index (Phi) is 7.43. The molecule has 26 heavy (non-hydrogen) atoms. The van der Waals surface area contributed by atoms with Crippen molar-refractivity contribution in [1.82, 2.24) is 5.32 Å². The number of nitrogens with zero attached hydrogens (tertiary/aromatic N) is 1. The normalized spacial score (nSPS) is 13.7. The lowest BCUT2D eigenvalue weighted by atomic mass is 9.93. The molecule has 1 aromatic rings. The third-order valence-corrected chi connectivity index (χ3v) is 3.76. The van der Waals surface area contributed by atoms with E-state index in [0.29, 0.717) is 12.2 Å². The van der Waals surface area contributed by atoms with Gasteiger partial charge < -0.3 is 15.2 Å². The van der Waals surface area contributed by atoms with E-state index in [4.69, 9.17) is 0 Å². The van der Waals surface area contributed by atoms with E-state index in [1.54, 1.807) is 0 Å². The van der Waals surface area contributed by atoms with E-state index in [1.165, 1.54) is 31.0 Å². The highest BCUT2D eigenvalue weighted by molar-refractivity contribution is 5.91. The van der Waals surface area contributed by atoms with Crippen molar-refractivity contribution in [3.8, 4) is 0 Å². The van der Waals surface area contributed by atoms with Crippen LogP contribution >= 0.6 is 0 Å². The molecule has 1 aromatic carbocycles. The number of urea groups is 1. The predicted octanol–water partition coefficient (Wildman–Crippen LogP) is 2.95. The van der Waals surface area contributed by atoms with Crippen molar-refractivity contribution in [3.63, 3.8) is 0 Å². The highest BCUT2D eigenvalue weighted by Gasteiger charge is 2.62. The second kappa shape index (κ2) is 8.88. The molecule has 0 heterocycles. The van der Waals surface area contributed by atoms with Crippen LogP contribution in [-0.4, -0.2) is 43.5 Å². The number of esters is 1. The molecule has 0 unspecified atom stereocenters. The Morgan fingerprint density at radius 1 is 1.19 bits per heavy atom. The van der Waals surface area contributed by atoms with Crippen LogP contribution in [0.15, 0.2) is 24.3 Å². The van der Waals surface area contributed by atoms with E-state index in [2.05, 4.69) is 10.1 Å². The van der Waals surface area contributed by atoms with Crippen LogP contribution in [0.1, 0.15) is 32.3 Å². The maximum Gasteiger partial charge on any atom is 0.432 e. The first-order valence-electron chi connectivity index (χ1n) is 8.18. The van der Waals surface area contributed by atoms with Crippen molar-refractivity contribution in [3.05, 3.63) is 29.8 Å². The second-order valence-corrected chi connectivity index (χ2v) is 5.62. The Labute approximate surface area is 149 Å². The molecule has 1 rings (SSSR count). The predicted molar refractivity (Wildman–Crippen MR) is 89.7 cm³/mol. The summed E-state index contributed by atoms with van der Waals surface area (Å²) in [6.07, 6.45) is -3.55. The zero-order valence-electron chi connectivity index (χ0n) is 14.9. The number of halogens is 3. The molecule has 0 radical (unpaired) electrons. The minimum atomic E-state index is -5.26. The van der Waals surface area contributed by atoms with Gasteiger partial charge in [-0.2, -0.15) is 13.2 Å². The molecule has 0 spiro atoms. The smallest absolute Gasteiger partial charge is 0.432 e. The number of rotatable bonds is 7. The molecule has 0 aliphatic carbocycles. The summed E-state index contributed by atoms with van der Waals surface area (Å²) in [6, 6.07) is 3.89. The molecule has 0 aliphatic rings. The summed E-state index contributed by atoms with van der Waals surface area (Å²) in [7, 11) is 1.46. The van der Waals surface area contributed by atoms with Gasteiger partial charge in [0.25, 0.3) is 5.60 Å². The lowest BCUT2D eigenvalue weighted by molar-refractivity contribution is -0.267. The molecule has 0 bridgehead atoms. The Hall–Kier alpha value is -2.29. The van der Waals surface area contributed by atoms with Crippen molar-refractivity contribution in [2.75, 3.05) is 25.1 Å². The van der Waals surface area contributed by atoms with Crippen molar-refractivity contribution >= 4 is 17.7 Å². The van der Waals surface area contributed by atoms with E-state index in [1.807, 2.05) is 6.92 Å². The van der Waals surface area contributed by atoms with Gasteiger partial charge in [-0.1, -0.05) is 25.5 Å². The molecule has 2 N–H and O–H groups in total. The summed E-state index contributed by atoms with van der Waals surface area (Å²) in [4.78, 5) is 24.9. The number of amides is 2. The van der Waals surface area contributed by atoms with Crippen molar-refractivity contribution in [2.24, 2.45) is 0 Å². The van der Waals surface area contributed by atoms with Gasteiger partial charge in [-0.3, -0.25) is 4.90 Å². The van der Waals surface area contributed by atoms with Gasteiger partial charge in [0.15, 0.2) is 0 Å². The number of alkyl halides is 3. The minimum absolute atomic E-state index is 0.302. The van der Waals surface area contributed by atoms with Crippen LogP contribution in [0.4, 0.5) is 23.7 Å². The topological polar surface area (TPSA) is 78.9 Å². The van der Waals surface area contributed by atoms with Crippen LogP contribution in [-0.2, 0) is 15.1 Å². The molecule has 9 heteroatoms.